The van der Waals surface area contributed by atoms with Crippen LogP contribution in [0.25, 0.3) is 0 Å². The maximum atomic E-state index is 12.7. The van der Waals surface area contributed by atoms with E-state index in [9.17, 15) is 4.79 Å². The van der Waals surface area contributed by atoms with E-state index in [0.717, 1.165) is 45.6 Å². The van der Waals surface area contributed by atoms with E-state index in [1.54, 1.807) is 0 Å². The molecule has 21 heavy (non-hydrogen) atoms. The average molecular weight is 287 g/mol. The van der Waals surface area contributed by atoms with Gasteiger partial charge in [-0.15, -0.1) is 0 Å². The first-order valence-corrected chi connectivity index (χ1v) is 8.00. The number of benzene rings is 1. The zero-order valence-electron chi connectivity index (χ0n) is 12.8. The highest BCUT2D eigenvalue weighted by Gasteiger charge is 2.32. The summed E-state index contributed by atoms with van der Waals surface area (Å²) in [6.07, 6.45) is 1.97. The van der Waals surface area contributed by atoms with E-state index >= 15 is 0 Å². The van der Waals surface area contributed by atoms with Gasteiger partial charge < -0.3 is 10.2 Å². The van der Waals surface area contributed by atoms with Gasteiger partial charge in [-0.05, 0) is 38.5 Å². The molecule has 0 spiro atoms. The number of piperidine rings is 1. The summed E-state index contributed by atoms with van der Waals surface area (Å²) in [6.45, 7) is 4.60. The number of hydrogen-bond donors (Lipinski definition) is 1. The summed E-state index contributed by atoms with van der Waals surface area (Å²) in [5, 5.41) is 3.34. The van der Waals surface area contributed by atoms with Crippen molar-refractivity contribution < 1.29 is 4.79 Å². The molecule has 1 amide bonds. The van der Waals surface area contributed by atoms with Crippen LogP contribution in [0.3, 0.4) is 0 Å². The van der Waals surface area contributed by atoms with Crippen molar-refractivity contribution in [2.24, 2.45) is 5.92 Å². The van der Waals surface area contributed by atoms with Gasteiger partial charge in [-0.2, -0.15) is 0 Å². The number of carbonyl (C=O) groups excluding carboxylic acids is 1. The Labute approximate surface area is 127 Å². The second kappa shape index (κ2) is 6.58. The molecule has 114 valence electrons. The van der Waals surface area contributed by atoms with Gasteiger partial charge in [-0.1, -0.05) is 30.3 Å². The molecule has 0 saturated carbocycles. The fraction of sp³-hybridized carbons (Fsp3) is 0.588. The molecule has 2 saturated heterocycles. The average Bonchev–Trinajstić information content (AvgIpc) is 2.56. The fourth-order valence-electron chi connectivity index (χ4n) is 3.44. The Morgan fingerprint density at radius 3 is 2.57 bits per heavy atom. The van der Waals surface area contributed by atoms with E-state index in [1.165, 1.54) is 5.56 Å². The Kier molecular flexibility index (Phi) is 4.56. The molecule has 2 fully saturated rings. The lowest BCUT2D eigenvalue weighted by molar-refractivity contribution is -0.139. The first-order chi connectivity index (χ1) is 10.3. The van der Waals surface area contributed by atoms with Crippen LogP contribution < -0.4 is 5.32 Å². The van der Waals surface area contributed by atoms with Crippen LogP contribution in [0.4, 0.5) is 0 Å². The lowest BCUT2D eigenvalue weighted by Gasteiger charge is -2.41. The molecule has 2 heterocycles. The van der Waals surface area contributed by atoms with Crippen molar-refractivity contribution in [2.45, 2.75) is 18.9 Å². The summed E-state index contributed by atoms with van der Waals surface area (Å²) in [6, 6.07) is 10.9. The maximum Gasteiger partial charge on any atom is 0.225 e. The molecule has 0 aromatic heterocycles. The van der Waals surface area contributed by atoms with Gasteiger partial charge in [-0.25, -0.2) is 0 Å². The van der Waals surface area contributed by atoms with Crippen molar-refractivity contribution in [1.29, 1.82) is 0 Å². The molecule has 4 heteroatoms. The first-order valence-electron chi connectivity index (χ1n) is 8.00. The maximum absolute atomic E-state index is 12.7. The number of nitrogens with one attached hydrogen (secondary N) is 1. The van der Waals surface area contributed by atoms with Gasteiger partial charge in [0, 0.05) is 25.6 Å². The summed E-state index contributed by atoms with van der Waals surface area (Å²) in [5.41, 5.74) is 1.31. The van der Waals surface area contributed by atoms with Gasteiger partial charge in [0.15, 0.2) is 0 Å². The van der Waals surface area contributed by atoms with Gasteiger partial charge in [0.2, 0.25) is 5.91 Å². The Morgan fingerprint density at radius 1 is 1.14 bits per heavy atom. The third-order valence-corrected chi connectivity index (χ3v) is 4.83. The van der Waals surface area contributed by atoms with Crippen molar-refractivity contribution in [1.82, 2.24) is 15.1 Å². The van der Waals surface area contributed by atoms with Crippen molar-refractivity contribution in [3.8, 4) is 0 Å². The van der Waals surface area contributed by atoms with Gasteiger partial charge in [0.25, 0.3) is 0 Å². The first kappa shape index (κ1) is 14.5. The monoisotopic (exact) mass is 287 g/mol. The molecule has 0 radical (unpaired) electrons. The largest absolute Gasteiger partial charge is 0.339 e. The highest BCUT2D eigenvalue weighted by Crippen LogP contribution is 2.26. The number of rotatable bonds is 2. The molecular weight excluding hydrogens is 262 g/mol. The predicted octanol–water partition coefficient (Wildman–Crippen LogP) is 1.50. The summed E-state index contributed by atoms with van der Waals surface area (Å²) < 4.78 is 0. The van der Waals surface area contributed by atoms with E-state index in [4.69, 9.17) is 0 Å². The normalized spacial score (nSPS) is 25.0. The summed E-state index contributed by atoms with van der Waals surface area (Å²) in [7, 11) is 2.16. The lowest BCUT2D eigenvalue weighted by Crippen LogP contribution is -2.51. The number of piperazine rings is 1. The van der Waals surface area contributed by atoms with Gasteiger partial charge in [0.05, 0.1) is 6.04 Å². The number of carbonyl (C=O) groups is 1. The van der Waals surface area contributed by atoms with Crippen LogP contribution in [-0.4, -0.2) is 55.5 Å². The number of amides is 1. The molecule has 2 aliphatic rings. The topological polar surface area (TPSA) is 35.6 Å². The van der Waals surface area contributed by atoms with Crippen LogP contribution in [0, 0.1) is 5.92 Å². The highest BCUT2D eigenvalue weighted by molar-refractivity contribution is 5.79. The van der Waals surface area contributed by atoms with Crippen molar-refractivity contribution in [3.63, 3.8) is 0 Å². The van der Waals surface area contributed by atoms with Crippen LogP contribution in [-0.2, 0) is 4.79 Å². The SMILES string of the molecule is CN1CCN(C(=O)C2CCNCC2)C[C@@H]1c1ccccc1. The molecule has 3 rings (SSSR count). The standard InChI is InChI=1S/C17H25N3O/c1-19-11-12-20(17(21)15-7-9-18-10-8-15)13-16(19)14-5-3-2-4-6-14/h2-6,15-16,18H,7-13H2,1H3/t16-/m1/s1. The quantitative estimate of drug-likeness (QED) is 0.895. The van der Waals surface area contributed by atoms with Gasteiger partial charge in [-0.3, -0.25) is 9.69 Å². The van der Waals surface area contributed by atoms with E-state index < -0.39 is 0 Å². The second-order valence-electron chi connectivity index (χ2n) is 6.22. The van der Waals surface area contributed by atoms with Crippen LogP contribution in [0.2, 0.25) is 0 Å². The van der Waals surface area contributed by atoms with E-state index in [-0.39, 0.29) is 5.92 Å². The van der Waals surface area contributed by atoms with E-state index in [1.807, 2.05) is 6.07 Å². The van der Waals surface area contributed by atoms with Crippen LogP contribution >= 0.6 is 0 Å². The molecule has 0 bridgehead atoms. The molecular formula is C17H25N3O. The summed E-state index contributed by atoms with van der Waals surface area (Å²) in [4.78, 5) is 17.2. The van der Waals surface area contributed by atoms with Crippen LogP contribution in [0.1, 0.15) is 24.4 Å². The minimum Gasteiger partial charge on any atom is -0.339 e. The zero-order chi connectivity index (χ0) is 14.7. The number of hydrogen-bond acceptors (Lipinski definition) is 3. The van der Waals surface area contributed by atoms with Crippen molar-refractivity contribution in [3.05, 3.63) is 35.9 Å². The van der Waals surface area contributed by atoms with E-state index in [0.29, 0.717) is 11.9 Å². The third kappa shape index (κ3) is 3.27. The lowest BCUT2D eigenvalue weighted by atomic mass is 9.95. The van der Waals surface area contributed by atoms with E-state index in [2.05, 4.69) is 46.4 Å². The summed E-state index contributed by atoms with van der Waals surface area (Å²) in [5.74, 6) is 0.594. The van der Waals surface area contributed by atoms with Gasteiger partial charge >= 0.3 is 0 Å². The number of likely N-dealkylation sites (N-methyl/N-ethyl adjacent to an activating group) is 1. The molecule has 1 aromatic carbocycles. The minimum absolute atomic E-state index is 0.228. The van der Waals surface area contributed by atoms with Crippen LogP contribution in [0.5, 0.6) is 0 Å². The fourth-order valence-corrected chi connectivity index (χ4v) is 3.44. The highest BCUT2D eigenvalue weighted by atomic mass is 16.2. The second-order valence-corrected chi connectivity index (χ2v) is 6.22. The Morgan fingerprint density at radius 2 is 1.86 bits per heavy atom. The van der Waals surface area contributed by atoms with Crippen molar-refractivity contribution >= 4 is 5.91 Å². The minimum atomic E-state index is 0.228. The zero-order valence-corrected chi connectivity index (χ0v) is 12.8. The molecule has 1 N–H and O–H groups in total. The number of nitrogens with zero attached hydrogens (tertiary/aromatic N) is 2. The molecule has 4 nitrogen and oxygen atoms in total. The van der Waals surface area contributed by atoms with Gasteiger partial charge in [0.1, 0.15) is 0 Å². The van der Waals surface area contributed by atoms with Crippen LogP contribution in [0.15, 0.2) is 30.3 Å². The smallest absolute Gasteiger partial charge is 0.225 e. The molecule has 1 atom stereocenters. The Bertz CT molecular complexity index is 470. The Balaban J connectivity index is 1.69. The molecule has 0 unspecified atom stereocenters. The van der Waals surface area contributed by atoms with Crippen molar-refractivity contribution in [2.75, 3.05) is 39.8 Å². The molecule has 2 aliphatic heterocycles. The molecule has 1 aromatic rings. The summed E-state index contributed by atoms with van der Waals surface area (Å²) >= 11 is 0. The molecule has 0 aliphatic carbocycles. The predicted molar refractivity (Wildman–Crippen MR) is 84.0 cm³/mol. The third-order valence-electron chi connectivity index (χ3n) is 4.83. The Hall–Kier alpha value is -1.39.